The molecular weight excluding hydrogens is 793 g/mol. The number of thiophene rings is 3. The Kier molecular flexibility index (Phi) is 17.6. The van der Waals surface area contributed by atoms with Crippen molar-refractivity contribution in [2.45, 2.75) is 142 Å². The summed E-state index contributed by atoms with van der Waals surface area (Å²) in [6.45, 7) is 5.35. The summed E-state index contributed by atoms with van der Waals surface area (Å²) in [4.78, 5) is 27.7. The summed E-state index contributed by atoms with van der Waals surface area (Å²) in [7, 11) is 0. The summed E-state index contributed by atoms with van der Waals surface area (Å²) in [5.41, 5.74) is 5.63. The average Bonchev–Trinajstić information content (AvgIpc) is 4.10. The number of benzene rings is 1. The summed E-state index contributed by atoms with van der Waals surface area (Å²) in [5, 5.41) is 28.6. The van der Waals surface area contributed by atoms with E-state index in [-0.39, 0.29) is 12.2 Å². The number of hydrogen-bond acceptors (Lipinski definition) is 7. The highest BCUT2D eigenvalue weighted by Gasteiger charge is 2.26. The van der Waals surface area contributed by atoms with Gasteiger partial charge in [0.2, 0.25) is 0 Å². The summed E-state index contributed by atoms with van der Waals surface area (Å²) >= 11 is 4.56. The maximum Gasteiger partial charge on any atom is 0.345 e. The van der Waals surface area contributed by atoms with Gasteiger partial charge >= 0.3 is 11.9 Å². The van der Waals surface area contributed by atoms with Crippen LogP contribution in [0.4, 0.5) is 0 Å². The van der Waals surface area contributed by atoms with E-state index in [0.29, 0.717) is 21.6 Å². The van der Waals surface area contributed by atoms with Crippen molar-refractivity contribution in [3.8, 4) is 0 Å². The van der Waals surface area contributed by atoms with Crippen LogP contribution in [0, 0.1) is 17.8 Å². The Bertz CT molecular complexity index is 1980. The van der Waals surface area contributed by atoms with Crippen LogP contribution in [0.2, 0.25) is 0 Å². The summed E-state index contributed by atoms with van der Waals surface area (Å²) in [5.74, 6) is 0.357. The lowest BCUT2D eigenvalue weighted by molar-refractivity contribution is -0.0121. The van der Waals surface area contributed by atoms with Crippen molar-refractivity contribution in [2.24, 2.45) is 17.8 Å². The lowest BCUT2D eigenvalue weighted by atomic mass is 9.87. The normalized spacial score (nSPS) is 20.8. The largest absolute Gasteiger partial charge is 0.477 e. The van der Waals surface area contributed by atoms with Gasteiger partial charge in [0.05, 0.1) is 12.2 Å². The van der Waals surface area contributed by atoms with Gasteiger partial charge in [-0.2, -0.15) is 0 Å². The Balaban J connectivity index is 0.000000199. The molecule has 4 aromatic rings. The van der Waals surface area contributed by atoms with E-state index in [2.05, 4.69) is 62.4 Å². The molecule has 4 heterocycles. The monoisotopic (exact) mass is 856 g/mol. The number of allylic oxidation sites excluding steroid dienone is 4. The Hall–Kier alpha value is -3.34. The summed E-state index contributed by atoms with van der Waals surface area (Å²) in [6, 6.07) is 20.8. The van der Waals surface area contributed by atoms with Gasteiger partial charge in [0.1, 0.15) is 9.75 Å². The Morgan fingerprint density at radius 1 is 0.695 bits per heavy atom. The number of carboxylic acid groups (broad SMARTS) is 2. The predicted octanol–water partition coefficient (Wildman–Crippen LogP) is 14.5. The van der Waals surface area contributed by atoms with E-state index in [9.17, 15) is 14.7 Å². The number of unbranched alkanes of at least 4 members (excludes halogenated alkanes) is 2. The molecule has 2 aliphatic carbocycles. The lowest BCUT2D eigenvalue weighted by Gasteiger charge is -2.30. The van der Waals surface area contributed by atoms with Crippen LogP contribution in [0.25, 0.3) is 11.1 Å². The molecule has 9 heteroatoms. The first-order valence-electron chi connectivity index (χ1n) is 22.3. The van der Waals surface area contributed by atoms with Gasteiger partial charge in [-0.05, 0) is 160 Å². The number of ether oxygens (including phenoxy) is 1. The summed E-state index contributed by atoms with van der Waals surface area (Å²) in [6.07, 6.45) is 25.1. The molecule has 5 atom stereocenters. The zero-order chi connectivity index (χ0) is 41.6. The first kappa shape index (κ1) is 45.2. The van der Waals surface area contributed by atoms with Gasteiger partial charge in [-0.1, -0.05) is 82.4 Å². The van der Waals surface area contributed by atoms with E-state index in [1.807, 2.05) is 12.1 Å². The zero-order valence-electron chi connectivity index (χ0n) is 35.0. The number of aryl methyl sites for hydroxylation is 2. The first-order valence-corrected chi connectivity index (χ1v) is 24.7. The van der Waals surface area contributed by atoms with Crippen molar-refractivity contribution < 1.29 is 29.6 Å². The molecule has 3 N–H and O–H groups in total. The van der Waals surface area contributed by atoms with Gasteiger partial charge in [0.15, 0.2) is 0 Å². The van der Waals surface area contributed by atoms with Crippen molar-refractivity contribution in [3.05, 3.63) is 113 Å². The molecule has 1 aromatic carbocycles. The second-order valence-electron chi connectivity index (χ2n) is 16.7. The Labute approximate surface area is 364 Å². The maximum atomic E-state index is 11.1. The molecule has 1 fully saturated rings. The van der Waals surface area contributed by atoms with Crippen LogP contribution in [0.1, 0.15) is 179 Å². The van der Waals surface area contributed by atoms with Crippen molar-refractivity contribution in [2.75, 3.05) is 6.61 Å². The molecule has 0 radical (unpaired) electrons. The molecule has 3 aliphatic rings. The number of aliphatic hydroxyl groups is 1. The minimum atomic E-state index is -0.831. The van der Waals surface area contributed by atoms with Crippen molar-refractivity contribution in [1.82, 2.24) is 0 Å². The third-order valence-electron chi connectivity index (χ3n) is 12.4. The van der Waals surface area contributed by atoms with Crippen LogP contribution in [-0.2, 0) is 17.6 Å². The lowest BCUT2D eigenvalue weighted by Crippen LogP contribution is -2.19. The van der Waals surface area contributed by atoms with E-state index in [0.717, 1.165) is 86.5 Å². The highest BCUT2D eigenvalue weighted by molar-refractivity contribution is 7.14. The molecule has 3 unspecified atom stereocenters. The molecule has 318 valence electrons. The Morgan fingerprint density at radius 2 is 1.32 bits per heavy atom. The Morgan fingerprint density at radius 3 is 1.92 bits per heavy atom. The minimum absolute atomic E-state index is 0.259. The minimum Gasteiger partial charge on any atom is -0.477 e. The number of carboxylic acids is 2. The topological polar surface area (TPSA) is 104 Å². The van der Waals surface area contributed by atoms with Crippen LogP contribution in [0.15, 0.2) is 72.8 Å². The van der Waals surface area contributed by atoms with Crippen LogP contribution in [0.5, 0.6) is 0 Å². The molecule has 6 nitrogen and oxygen atoms in total. The van der Waals surface area contributed by atoms with Crippen LogP contribution < -0.4 is 0 Å². The number of rotatable bonds is 20. The van der Waals surface area contributed by atoms with Gasteiger partial charge in [-0.15, -0.1) is 34.0 Å². The van der Waals surface area contributed by atoms with Crippen molar-refractivity contribution in [1.29, 1.82) is 0 Å². The van der Waals surface area contributed by atoms with Crippen molar-refractivity contribution in [3.63, 3.8) is 0 Å². The van der Waals surface area contributed by atoms with Crippen LogP contribution >= 0.6 is 34.0 Å². The highest BCUT2D eigenvalue weighted by atomic mass is 32.1. The van der Waals surface area contributed by atoms with Crippen LogP contribution in [-0.4, -0.2) is 33.9 Å². The van der Waals surface area contributed by atoms with Gasteiger partial charge in [-0.3, -0.25) is 0 Å². The first-order chi connectivity index (χ1) is 28.7. The fourth-order valence-electron chi connectivity index (χ4n) is 9.15. The molecule has 1 aliphatic heterocycles. The molecule has 0 saturated carbocycles. The quantitative estimate of drug-likeness (QED) is 0.0765. The zero-order valence-corrected chi connectivity index (χ0v) is 37.5. The summed E-state index contributed by atoms with van der Waals surface area (Å²) < 4.78 is 6.09. The number of aliphatic hydroxyl groups excluding tert-OH is 1. The van der Waals surface area contributed by atoms with Gasteiger partial charge in [0.25, 0.3) is 0 Å². The van der Waals surface area contributed by atoms with Gasteiger partial charge in [0, 0.05) is 26.1 Å². The molecule has 0 bridgehead atoms. The number of aromatic carboxylic acids is 2. The van der Waals surface area contributed by atoms with Gasteiger partial charge in [-0.25, -0.2) is 9.59 Å². The van der Waals surface area contributed by atoms with Crippen molar-refractivity contribution >= 4 is 57.1 Å². The SMILES string of the molecule is CCCC1CCOC(c2ccc(C3=CCC[C@@H]3CCCc3ccc(C(=O)O)s3)cc2)C1.CCCCCC(O)c1ccc(C2=CCC[C@@H]2CCCc2ccc(C(=O)O)s2)s1. The van der Waals surface area contributed by atoms with Gasteiger partial charge < -0.3 is 20.1 Å². The molecular formula is C50H64O6S3. The predicted molar refractivity (Wildman–Crippen MR) is 246 cm³/mol. The third-order valence-corrected chi connectivity index (χ3v) is 15.9. The van der Waals surface area contributed by atoms with E-state index in [4.69, 9.17) is 14.9 Å². The van der Waals surface area contributed by atoms with E-state index in [1.54, 1.807) is 23.5 Å². The van der Waals surface area contributed by atoms with Crippen LogP contribution in [0.3, 0.4) is 0 Å². The second-order valence-corrected chi connectivity index (χ2v) is 20.1. The third kappa shape index (κ3) is 13.1. The average molecular weight is 857 g/mol. The standard InChI is InChI=1S/C27H34O3S.C23H30O3S2/c1-2-5-19-16-17-30-25(18-19)22-12-10-21(11-13-22)24-9-4-7-20(24)6-3-8-23-14-15-26(31-23)27(28)29;1-2-3-4-11-19(24)21-15-14-20(28-21)18-10-6-8-16(18)7-5-9-17-12-13-22(27-17)23(25)26/h9-15,19-20,25H,2-8,16-18H2,1H3,(H,28,29);10,12-16,19,24H,2-9,11H2,1H3,(H,25,26)/t19?,20-,25?;16-,19?/m00/s1. The molecule has 59 heavy (non-hydrogen) atoms. The second kappa shape index (κ2) is 23.0. The molecule has 1 saturated heterocycles. The maximum absolute atomic E-state index is 11.1. The highest BCUT2D eigenvalue weighted by Crippen LogP contribution is 2.42. The molecule has 0 spiro atoms. The van der Waals surface area contributed by atoms with E-state index >= 15 is 0 Å². The molecule has 3 aromatic heterocycles. The fourth-order valence-corrected chi connectivity index (χ4v) is 12.1. The smallest absolute Gasteiger partial charge is 0.345 e. The van der Waals surface area contributed by atoms with E-state index < -0.39 is 11.9 Å². The molecule has 7 rings (SSSR count). The molecule has 0 amide bonds. The number of carbonyl (C=O) groups is 2. The fraction of sp³-hybridized carbons (Fsp3) is 0.520. The van der Waals surface area contributed by atoms with E-state index in [1.165, 1.54) is 106 Å². The number of hydrogen-bond donors (Lipinski definition) is 3.